The lowest BCUT2D eigenvalue weighted by Gasteiger charge is -2.19. The van der Waals surface area contributed by atoms with E-state index in [1.54, 1.807) is 17.4 Å². The maximum Gasteiger partial charge on any atom is 0.159 e. The Hall–Kier alpha value is -1.26. The summed E-state index contributed by atoms with van der Waals surface area (Å²) in [5.41, 5.74) is 2.01. The second kappa shape index (κ2) is 6.26. The summed E-state index contributed by atoms with van der Waals surface area (Å²) >= 11 is 1.65. The van der Waals surface area contributed by atoms with Crippen molar-refractivity contribution in [2.75, 3.05) is 6.54 Å². The first-order valence-corrected chi connectivity index (χ1v) is 7.29. The molecule has 0 amide bonds. The van der Waals surface area contributed by atoms with Crippen LogP contribution in [0.25, 0.3) is 0 Å². The van der Waals surface area contributed by atoms with Gasteiger partial charge in [-0.3, -0.25) is 0 Å². The lowest BCUT2D eigenvalue weighted by atomic mass is 10.0. The molecule has 0 aliphatic carbocycles. The number of nitrogens with one attached hydrogen (secondary N) is 1. The van der Waals surface area contributed by atoms with Crippen molar-refractivity contribution in [1.82, 2.24) is 5.32 Å². The zero-order chi connectivity index (χ0) is 13.8. The average molecular weight is 281 g/mol. The SMILES string of the molecule is CCNC(c1ccc(F)c(F)c1)c1sccc1CC. The summed E-state index contributed by atoms with van der Waals surface area (Å²) in [6, 6.07) is 6.13. The van der Waals surface area contributed by atoms with Crippen LogP contribution >= 0.6 is 11.3 Å². The van der Waals surface area contributed by atoms with Crippen LogP contribution in [0, 0.1) is 11.6 Å². The first-order valence-electron chi connectivity index (χ1n) is 6.42. The van der Waals surface area contributed by atoms with Gasteiger partial charge in [-0.25, -0.2) is 8.78 Å². The fourth-order valence-corrected chi connectivity index (χ4v) is 3.25. The summed E-state index contributed by atoms with van der Waals surface area (Å²) in [5.74, 6) is -1.60. The van der Waals surface area contributed by atoms with Gasteiger partial charge < -0.3 is 5.32 Å². The van der Waals surface area contributed by atoms with E-state index < -0.39 is 11.6 Å². The van der Waals surface area contributed by atoms with Crippen molar-refractivity contribution in [3.63, 3.8) is 0 Å². The molecule has 1 aromatic heterocycles. The third-order valence-corrected chi connectivity index (χ3v) is 4.13. The maximum atomic E-state index is 13.4. The van der Waals surface area contributed by atoms with Gasteiger partial charge in [0.05, 0.1) is 6.04 Å². The van der Waals surface area contributed by atoms with Gasteiger partial charge in [-0.05, 0) is 47.7 Å². The summed E-state index contributed by atoms with van der Waals surface area (Å²) in [7, 11) is 0. The first-order chi connectivity index (χ1) is 9.17. The molecule has 0 spiro atoms. The number of aryl methyl sites for hydroxylation is 1. The molecule has 0 saturated heterocycles. The minimum absolute atomic E-state index is 0.0740. The van der Waals surface area contributed by atoms with Crippen LogP contribution in [0.15, 0.2) is 29.6 Å². The van der Waals surface area contributed by atoms with Gasteiger partial charge in [-0.2, -0.15) is 0 Å². The van der Waals surface area contributed by atoms with Crippen LogP contribution in [-0.2, 0) is 6.42 Å². The van der Waals surface area contributed by atoms with Gasteiger partial charge >= 0.3 is 0 Å². The molecular weight excluding hydrogens is 264 g/mol. The zero-order valence-corrected chi connectivity index (χ0v) is 11.9. The molecular formula is C15H17F2NS. The predicted octanol–water partition coefficient (Wildman–Crippen LogP) is 4.29. The van der Waals surface area contributed by atoms with Gasteiger partial charge in [0.1, 0.15) is 0 Å². The lowest BCUT2D eigenvalue weighted by molar-refractivity contribution is 0.504. The van der Waals surface area contributed by atoms with E-state index in [1.165, 1.54) is 22.6 Å². The Balaban J connectivity index is 2.42. The minimum atomic E-state index is -0.805. The second-order valence-corrected chi connectivity index (χ2v) is 5.28. The maximum absolute atomic E-state index is 13.4. The van der Waals surface area contributed by atoms with Gasteiger partial charge in [-0.15, -0.1) is 11.3 Å². The summed E-state index contributed by atoms with van der Waals surface area (Å²) < 4.78 is 26.4. The number of benzene rings is 1. The molecule has 1 heterocycles. The Morgan fingerprint density at radius 3 is 2.58 bits per heavy atom. The molecule has 2 aromatic rings. The molecule has 1 aromatic carbocycles. The highest BCUT2D eigenvalue weighted by atomic mass is 32.1. The van der Waals surface area contributed by atoms with Gasteiger partial charge in [0.25, 0.3) is 0 Å². The van der Waals surface area contributed by atoms with Crippen LogP contribution in [-0.4, -0.2) is 6.54 Å². The van der Waals surface area contributed by atoms with Gasteiger partial charge in [0, 0.05) is 4.88 Å². The third-order valence-electron chi connectivity index (χ3n) is 3.11. The van der Waals surface area contributed by atoms with Crippen molar-refractivity contribution in [2.45, 2.75) is 26.3 Å². The summed E-state index contributed by atoms with van der Waals surface area (Å²) in [6.45, 7) is 4.87. The Morgan fingerprint density at radius 2 is 1.95 bits per heavy atom. The Morgan fingerprint density at radius 1 is 1.16 bits per heavy atom. The molecule has 0 aliphatic heterocycles. The average Bonchev–Trinajstić information content (AvgIpc) is 2.87. The highest BCUT2D eigenvalue weighted by Gasteiger charge is 2.18. The van der Waals surface area contributed by atoms with Crippen molar-refractivity contribution in [1.29, 1.82) is 0 Å². The molecule has 1 N–H and O–H groups in total. The minimum Gasteiger partial charge on any atom is -0.306 e. The summed E-state index contributed by atoms with van der Waals surface area (Å²) in [4.78, 5) is 1.18. The van der Waals surface area contributed by atoms with Crippen LogP contribution < -0.4 is 5.32 Å². The topological polar surface area (TPSA) is 12.0 Å². The summed E-state index contributed by atoms with van der Waals surface area (Å²) in [6.07, 6.45) is 0.935. The van der Waals surface area contributed by atoms with E-state index in [0.717, 1.165) is 18.5 Å². The fraction of sp³-hybridized carbons (Fsp3) is 0.333. The number of hydrogen-bond acceptors (Lipinski definition) is 2. The van der Waals surface area contributed by atoms with Crippen molar-refractivity contribution < 1.29 is 8.78 Å². The van der Waals surface area contributed by atoms with Crippen LogP contribution in [0.3, 0.4) is 0 Å². The Labute approximate surface area is 116 Å². The molecule has 1 nitrogen and oxygen atoms in total. The normalized spacial score (nSPS) is 12.6. The summed E-state index contributed by atoms with van der Waals surface area (Å²) in [5, 5.41) is 5.38. The van der Waals surface area contributed by atoms with Crippen molar-refractivity contribution in [3.8, 4) is 0 Å². The second-order valence-electron chi connectivity index (χ2n) is 4.33. The van der Waals surface area contributed by atoms with Gasteiger partial charge in [0.15, 0.2) is 11.6 Å². The molecule has 4 heteroatoms. The fourth-order valence-electron chi connectivity index (χ4n) is 2.15. The standard InChI is InChI=1S/C15H17F2NS/c1-3-10-7-8-19-15(10)14(18-4-2)11-5-6-12(16)13(17)9-11/h5-9,14,18H,3-4H2,1-2H3. The molecule has 0 aliphatic rings. The largest absolute Gasteiger partial charge is 0.306 e. The number of thiophene rings is 1. The predicted molar refractivity (Wildman–Crippen MR) is 75.6 cm³/mol. The van der Waals surface area contributed by atoms with Crippen molar-refractivity contribution in [3.05, 3.63) is 57.3 Å². The third kappa shape index (κ3) is 3.01. The van der Waals surface area contributed by atoms with Crippen molar-refractivity contribution in [2.24, 2.45) is 0 Å². The van der Waals surface area contributed by atoms with Crippen LogP contribution in [0.5, 0.6) is 0 Å². The Kier molecular flexibility index (Phi) is 4.66. The van der Waals surface area contributed by atoms with Crippen LogP contribution in [0.2, 0.25) is 0 Å². The first kappa shape index (κ1) is 14.2. The van der Waals surface area contributed by atoms with E-state index in [-0.39, 0.29) is 6.04 Å². The van der Waals surface area contributed by atoms with Gasteiger partial charge in [0.2, 0.25) is 0 Å². The molecule has 102 valence electrons. The number of hydrogen-bond donors (Lipinski definition) is 1. The van der Waals surface area contributed by atoms with E-state index >= 15 is 0 Å². The van der Waals surface area contributed by atoms with E-state index in [4.69, 9.17) is 0 Å². The molecule has 2 rings (SSSR count). The molecule has 19 heavy (non-hydrogen) atoms. The van der Waals surface area contributed by atoms with E-state index in [0.29, 0.717) is 0 Å². The highest BCUT2D eigenvalue weighted by molar-refractivity contribution is 7.10. The van der Waals surface area contributed by atoms with E-state index in [2.05, 4.69) is 18.3 Å². The smallest absolute Gasteiger partial charge is 0.159 e. The van der Waals surface area contributed by atoms with E-state index in [1.807, 2.05) is 12.3 Å². The molecule has 0 saturated carbocycles. The van der Waals surface area contributed by atoms with Crippen LogP contribution in [0.4, 0.5) is 8.78 Å². The molecule has 0 fully saturated rings. The number of rotatable bonds is 5. The van der Waals surface area contributed by atoms with Crippen LogP contribution in [0.1, 0.15) is 35.9 Å². The van der Waals surface area contributed by atoms with Gasteiger partial charge in [-0.1, -0.05) is 19.9 Å². The Bertz CT molecular complexity index is 551. The molecule has 1 unspecified atom stereocenters. The zero-order valence-electron chi connectivity index (χ0n) is 11.0. The molecule has 0 bridgehead atoms. The molecule has 0 radical (unpaired) electrons. The molecule has 1 atom stereocenters. The highest BCUT2D eigenvalue weighted by Crippen LogP contribution is 2.30. The number of halogens is 2. The monoisotopic (exact) mass is 281 g/mol. The quantitative estimate of drug-likeness (QED) is 0.862. The van der Waals surface area contributed by atoms with Crippen molar-refractivity contribution >= 4 is 11.3 Å². The van der Waals surface area contributed by atoms with E-state index in [9.17, 15) is 8.78 Å². The lowest BCUT2D eigenvalue weighted by Crippen LogP contribution is -2.22.